The Morgan fingerprint density at radius 2 is 2.00 bits per heavy atom. The van der Waals surface area contributed by atoms with Gasteiger partial charge in [0.25, 0.3) is 5.91 Å². The maximum atomic E-state index is 12.4. The lowest BCUT2D eigenvalue weighted by Crippen LogP contribution is -2.33. The number of amides is 1. The van der Waals surface area contributed by atoms with Crippen LogP contribution in [-0.4, -0.2) is 16.9 Å². The van der Waals surface area contributed by atoms with E-state index in [1.807, 2.05) is 20.8 Å². The molecule has 0 aromatic carbocycles. The lowest BCUT2D eigenvalue weighted by Gasteiger charge is -2.11. The van der Waals surface area contributed by atoms with E-state index in [-0.39, 0.29) is 11.9 Å². The summed E-state index contributed by atoms with van der Waals surface area (Å²) < 4.78 is 0. The molecule has 2 heterocycles. The van der Waals surface area contributed by atoms with Gasteiger partial charge in [-0.1, -0.05) is 23.2 Å². The molecule has 1 N–H and O–H groups in total. The van der Waals surface area contributed by atoms with Crippen LogP contribution in [-0.2, 0) is 0 Å². The lowest BCUT2D eigenvalue weighted by atomic mass is 10.1. The number of hydrogen-bond donors (Lipinski definition) is 1. The Kier molecular flexibility index (Phi) is 3.89. The fraction of sp³-hybridized carbons (Fsp3) is 0.467. The minimum atomic E-state index is -0.115. The molecular formula is C15H16Cl2N2OS. The largest absolute Gasteiger partial charge is 0.349 e. The van der Waals surface area contributed by atoms with Crippen LogP contribution in [0.15, 0.2) is 0 Å². The molecule has 112 valence electrons. The highest BCUT2D eigenvalue weighted by Crippen LogP contribution is 2.39. The predicted octanol–water partition coefficient (Wildman–Crippen LogP) is 4.75. The summed E-state index contributed by atoms with van der Waals surface area (Å²) in [6, 6.07) is 0.193. The molecule has 1 aliphatic carbocycles. The van der Waals surface area contributed by atoms with Crippen LogP contribution >= 0.6 is 34.5 Å². The maximum absolute atomic E-state index is 12.4. The number of pyridine rings is 1. The van der Waals surface area contributed by atoms with Gasteiger partial charge in [-0.15, -0.1) is 11.3 Å². The van der Waals surface area contributed by atoms with E-state index < -0.39 is 0 Å². The van der Waals surface area contributed by atoms with Gasteiger partial charge in [0.1, 0.15) is 9.71 Å². The molecule has 0 radical (unpaired) electrons. The number of hydrogen-bond acceptors (Lipinski definition) is 3. The van der Waals surface area contributed by atoms with E-state index in [9.17, 15) is 4.79 Å². The van der Waals surface area contributed by atoms with E-state index in [0.29, 0.717) is 20.8 Å². The van der Waals surface area contributed by atoms with E-state index >= 15 is 0 Å². The summed E-state index contributed by atoms with van der Waals surface area (Å²) in [5, 5.41) is 4.90. The van der Waals surface area contributed by atoms with Gasteiger partial charge >= 0.3 is 0 Å². The van der Waals surface area contributed by atoms with Gasteiger partial charge in [0, 0.05) is 11.4 Å². The molecule has 1 atom stereocenters. The Morgan fingerprint density at radius 1 is 1.33 bits per heavy atom. The van der Waals surface area contributed by atoms with Gasteiger partial charge in [-0.2, -0.15) is 0 Å². The molecule has 1 fully saturated rings. The number of aromatic nitrogens is 1. The van der Waals surface area contributed by atoms with Crippen LogP contribution < -0.4 is 5.32 Å². The summed E-state index contributed by atoms with van der Waals surface area (Å²) in [4.78, 5) is 18.2. The molecule has 6 heteroatoms. The van der Waals surface area contributed by atoms with Crippen molar-refractivity contribution in [3.05, 3.63) is 26.2 Å². The van der Waals surface area contributed by atoms with Crippen LogP contribution in [0.25, 0.3) is 10.2 Å². The minimum Gasteiger partial charge on any atom is -0.349 e. The van der Waals surface area contributed by atoms with Crippen molar-refractivity contribution in [2.45, 2.75) is 39.7 Å². The fourth-order valence-electron chi connectivity index (χ4n) is 2.52. The van der Waals surface area contributed by atoms with Crippen LogP contribution in [0.1, 0.15) is 40.7 Å². The second-order valence-corrected chi connectivity index (χ2v) is 7.42. The molecule has 0 saturated heterocycles. The molecule has 21 heavy (non-hydrogen) atoms. The average Bonchev–Trinajstić information content (AvgIpc) is 3.21. The van der Waals surface area contributed by atoms with E-state index in [0.717, 1.165) is 21.5 Å². The first-order valence-electron chi connectivity index (χ1n) is 6.95. The Balaban J connectivity index is 2.01. The first-order valence-corrected chi connectivity index (χ1v) is 8.53. The molecule has 1 saturated carbocycles. The van der Waals surface area contributed by atoms with E-state index in [1.165, 1.54) is 24.2 Å². The zero-order valence-electron chi connectivity index (χ0n) is 12.1. The Labute approximate surface area is 137 Å². The van der Waals surface area contributed by atoms with Crippen LogP contribution in [0.4, 0.5) is 0 Å². The fourth-order valence-corrected chi connectivity index (χ4v) is 4.22. The van der Waals surface area contributed by atoms with Crippen LogP contribution in [0, 0.1) is 19.8 Å². The molecule has 1 amide bonds. The smallest absolute Gasteiger partial charge is 0.263 e. The van der Waals surface area contributed by atoms with E-state index in [2.05, 4.69) is 10.3 Å². The molecule has 0 bridgehead atoms. The Morgan fingerprint density at radius 3 is 2.62 bits per heavy atom. The van der Waals surface area contributed by atoms with Crippen molar-refractivity contribution in [2.24, 2.45) is 5.92 Å². The number of rotatable bonds is 3. The summed E-state index contributed by atoms with van der Waals surface area (Å²) in [6.07, 6.45) is 2.38. The van der Waals surface area contributed by atoms with Gasteiger partial charge in [0.05, 0.1) is 15.7 Å². The van der Waals surface area contributed by atoms with Crippen molar-refractivity contribution < 1.29 is 4.79 Å². The highest BCUT2D eigenvalue weighted by Gasteiger charge is 2.30. The van der Waals surface area contributed by atoms with E-state index in [4.69, 9.17) is 23.2 Å². The molecule has 2 aromatic heterocycles. The van der Waals surface area contributed by atoms with E-state index in [1.54, 1.807) is 0 Å². The number of nitrogens with zero attached hydrogens (tertiary/aromatic N) is 1. The average molecular weight is 343 g/mol. The third-order valence-corrected chi connectivity index (χ3v) is 6.15. The van der Waals surface area contributed by atoms with Crippen molar-refractivity contribution in [3.8, 4) is 0 Å². The number of nitrogens with one attached hydrogen (secondary N) is 1. The second-order valence-electron chi connectivity index (χ2n) is 5.66. The summed E-state index contributed by atoms with van der Waals surface area (Å²) in [7, 11) is 0. The first-order chi connectivity index (χ1) is 9.90. The Bertz CT molecular complexity index is 737. The molecule has 0 unspecified atom stereocenters. The third kappa shape index (κ3) is 2.65. The van der Waals surface area contributed by atoms with Crippen LogP contribution in [0.5, 0.6) is 0 Å². The normalized spacial score (nSPS) is 16.2. The van der Waals surface area contributed by atoms with Crippen molar-refractivity contribution in [2.75, 3.05) is 0 Å². The number of halogens is 2. The molecule has 1 aliphatic rings. The SMILES string of the molecule is Cc1nc2sc(C(=O)N[C@@H](C)C3CC3)c(Cl)c2c(C)c1Cl. The Hall–Kier alpha value is -0.840. The number of thiophene rings is 1. The lowest BCUT2D eigenvalue weighted by molar-refractivity contribution is 0.0940. The molecule has 3 nitrogen and oxygen atoms in total. The molecule has 0 aliphatic heterocycles. The monoisotopic (exact) mass is 342 g/mol. The van der Waals surface area contributed by atoms with Gasteiger partial charge in [0.15, 0.2) is 0 Å². The second kappa shape index (κ2) is 5.41. The van der Waals surface area contributed by atoms with Gasteiger partial charge in [0.2, 0.25) is 0 Å². The van der Waals surface area contributed by atoms with Crippen molar-refractivity contribution in [3.63, 3.8) is 0 Å². The summed E-state index contributed by atoms with van der Waals surface area (Å²) in [5.41, 5.74) is 1.65. The maximum Gasteiger partial charge on any atom is 0.263 e. The van der Waals surface area contributed by atoms with Crippen molar-refractivity contribution in [1.82, 2.24) is 10.3 Å². The minimum absolute atomic E-state index is 0.115. The van der Waals surface area contributed by atoms with Gasteiger partial charge < -0.3 is 5.32 Å². The number of fused-ring (bicyclic) bond motifs is 1. The standard InChI is InChI=1S/C15H16Cl2N2OS/c1-6-10-12(17)13(14(20)18-7(2)9-4-5-9)21-15(10)19-8(3)11(6)16/h7,9H,4-5H2,1-3H3,(H,18,20)/t7-/m0/s1. The molecule has 2 aromatic rings. The number of carbonyl (C=O) groups excluding carboxylic acids is 1. The zero-order chi connectivity index (χ0) is 15.3. The molecular weight excluding hydrogens is 327 g/mol. The van der Waals surface area contributed by atoms with Crippen molar-refractivity contribution in [1.29, 1.82) is 0 Å². The van der Waals surface area contributed by atoms with Crippen LogP contribution in [0.2, 0.25) is 10.0 Å². The van der Waals surface area contributed by atoms with Gasteiger partial charge in [-0.3, -0.25) is 4.79 Å². The zero-order valence-corrected chi connectivity index (χ0v) is 14.4. The van der Waals surface area contributed by atoms with Gasteiger partial charge in [-0.05, 0) is 45.1 Å². The number of aryl methyl sites for hydroxylation is 2. The van der Waals surface area contributed by atoms with Crippen LogP contribution in [0.3, 0.4) is 0 Å². The topological polar surface area (TPSA) is 42.0 Å². The predicted molar refractivity (Wildman–Crippen MR) is 88.8 cm³/mol. The van der Waals surface area contributed by atoms with Gasteiger partial charge in [-0.25, -0.2) is 4.98 Å². The highest BCUT2D eigenvalue weighted by atomic mass is 35.5. The van der Waals surface area contributed by atoms with Crippen molar-refractivity contribution >= 4 is 50.7 Å². The highest BCUT2D eigenvalue weighted by molar-refractivity contribution is 7.21. The first kappa shape index (κ1) is 15.1. The summed E-state index contributed by atoms with van der Waals surface area (Å²) >= 11 is 14.0. The summed E-state index contributed by atoms with van der Waals surface area (Å²) in [5.74, 6) is 0.495. The number of carbonyl (C=O) groups is 1. The molecule has 0 spiro atoms. The third-order valence-electron chi connectivity index (χ3n) is 4.02. The quantitative estimate of drug-likeness (QED) is 0.874. The summed E-state index contributed by atoms with van der Waals surface area (Å²) in [6.45, 7) is 5.81. The molecule has 3 rings (SSSR count).